The number of carbonyl (C=O) groups is 1. The first kappa shape index (κ1) is 11.2. The molecule has 2 nitrogen and oxygen atoms in total. The molecule has 0 aromatic heterocycles. The quantitative estimate of drug-likeness (QED) is 0.842. The minimum absolute atomic E-state index is 0.156. The topological polar surface area (TPSA) is 37.3 Å². The second-order valence-corrected chi connectivity index (χ2v) is 4.62. The van der Waals surface area contributed by atoms with Gasteiger partial charge in [0.25, 0.3) is 0 Å². The number of aliphatic carboxylic acids is 1. The van der Waals surface area contributed by atoms with Crippen LogP contribution in [0.25, 0.3) is 0 Å². The summed E-state index contributed by atoms with van der Waals surface area (Å²) < 4.78 is 0. The Morgan fingerprint density at radius 1 is 1.44 bits per heavy atom. The Bertz CT molecular complexity index is 384. The van der Waals surface area contributed by atoms with Crippen LogP contribution < -0.4 is 0 Å². The van der Waals surface area contributed by atoms with Gasteiger partial charge < -0.3 is 5.11 Å². The van der Waals surface area contributed by atoms with Gasteiger partial charge in [0.1, 0.15) is 0 Å². The third-order valence-electron chi connectivity index (χ3n) is 3.51. The van der Waals surface area contributed by atoms with Crippen LogP contribution in [0.5, 0.6) is 0 Å². The molecule has 1 fully saturated rings. The van der Waals surface area contributed by atoms with Crippen LogP contribution in [0.15, 0.2) is 24.3 Å². The Balaban J connectivity index is 2.14. The zero-order valence-electron chi connectivity index (χ0n) is 9.65. The van der Waals surface area contributed by atoms with Gasteiger partial charge in [-0.05, 0) is 36.3 Å². The summed E-state index contributed by atoms with van der Waals surface area (Å²) in [5.74, 6) is -0.552. The zero-order valence-corrected chi connectivity index (χ0v) is 9.65. The number of carboxylic acid groups (broad SMARTS) is 1. The first-order valence-electron chi connectivity index (χ1n) is 6.04. The lowest BCUT2D eigenvalue weighted by Gasteiger charge is -2.33. The Morgan fingerprint density at radius 2 is 2.25 bits per heavy atom. The van der Waals surface area contributed by atoms with E-state index in [-0.39, 0.29) is 11.8 Å². The monoisotopic (exact) mass is 218 g/mol. The molecular formula is C14H18O2. The summed E-state index contributed by atoms with van der Waals surface area (Å²) in [5, 5.41) is 9.04. The van der Waals surface area contributed by atoms with E-state index in [2.05, 4.69) is 31.2 Å². The molecule has 2 heteroatoms. The van der Waals surface area contributed by atoms with Crippen LogP contribution in [0.1, 0.15) is 43.2 Å². The SMILES string of the molecule is CCCc1cccc(C2CCC2C(=O)O)c1. The number of benzene rings is 1. The highest BCUT2D eigenvalue weighted by atomic mass is 16.4. The van der Waals surface area contributed by atoms with Gasteiger partial charge in [0.15, 0.2) is 0 Å². The van der Waals surface area contributed by atoms with Gasteiger partial charge in [-0.3, -0.25) is 4.79 Å². The summed E-state index contributed by atoms with van der Waals surface area (Å²) in [4.78, 5) is 11.0. The molecule has 0 aliphatic heterocycles. The van der Waals surface area contributed by atoms with E-state index in [4.69, 9.17) is 5.11 Å². The van der Waals surface area contributed by atoms with Crippen molar-refractivity contribution in [3.8, 4) is 0 Å². The first-order valence-corrected chi connectivity index (χ1v) is 6.04. The van der Waals surface area contributed by atoms with Crippen LogP contribution in [0.4, 0.5) is 0 Å². The molecule has 2 rings (SSSR count). The lowest BCUT2D eigenvalue weighted by molar-refractivity contribution is -0.145. The van der Waals surface area contributed by atoms with Gasteiger partial charge in [-0.15, -0.1) is 0 Å². The van der Waals surface area contributed by atoms with Gasteiger partial charge in [0, 0.05) is 0 Å². The molecule has 2 atom stereocenters. The molecule has 0 heterocycles. The molecule has 0 bridgehead atoms. The molecule has 1 aromatic carbocycles. The molecule has 0 radical (unpaired) electrons. The van der Waals surface area contributed by atoms with Crippen molar-refractivity contribution in [3.63, 3.8) is 0 Å². The lowest BCUT2D eigenvalue weighted by atomic mass is 9.70. The van der Waals surface area contributed by atoms with E-state index in [1.807, 2.05) is 0 Å². The highest BCUT2D eigenvalue weighted by Gasteiger charge is 2.37. The molecule has 1 saturated carbocycles. The predicted molar refractivity (Wildman–Crippen MR) is 63.5 cm³/mol. The summed E-state index contributed by atoms with van der Waals surface area (Å²) >= 11 is 0. The van der Waals surface area contributed by atoms with Crippen molar-refractivity contribution in [1.29, 1.82) is 0 Å². The Kier molecular flexibility index (Phi) is 3.28. The third kappa shape index (κ3) is 2.11. The van der Waals surface area contributed by atoms with Gasteiger partial charge in [0.05, 0.1) is 5.92 Å². The van der Waals surface area contributed by atoms with Gasteiger partial charge >= 0.3 is 5.97 Å². The summed E-state index contributed by atoms with van der Waals surface area (Å²) in [6.07, 6.45) is 4.07. The summed E-state index contributed by atoms with van der Waals surface area (Å²) in [6, 6.07) is 8.43. The molecule has 0 spiro atoms. The van der Waals surface area contributed by atoms with Crippen molar-refractivity contribution < 1.29 is 9.90 Å². The average Bonchev–Trinajstić information content (AvgIpc) is 2.16. The van der Waals surface area contributed by atoms with Crippen molar-refractivity contribution in [1.82, 2.24) is 0 Å². The molecule has 16 heavy (non-hydrogen) atoms. The van der Waals surface area contributed by atoms with Crippen molar-refractivity contribution in [3.05, 3.63) is 35.4 Å². The molecule has 1 aliphatic carbocycles. The van der Waals surface area contributed by atoms with E-state index in [1.165, 1.54) is 11.1 Å². The zero-order chi connectivity index (χ0) is 11.5. The van der Waals surface area contributed by atoms with E-state index in [9.17, 15) is 4.79 Å². The average molecular weight is 218 g/mol. The minimum atomic E-state index is -0.642. The molecule has 1 N–H and O–H groups in total. The number of carboxylic acids is 1. The van der Waals surface area contributed by atoms with E-state index in [1.54, 1.807) is 0 Å². The van der Waals surface area contributed by atoms with Gasteiger partial charge in [0.2, 0.25) is 0 Å². The highest BCUT2D eigenvalue weighted by molar-refractivity contribution is 5.72. The number of hydrogen-bond donors (Lipinski definition) is 1. The Labute approximate surface area is 96.3 Å². The van der Waals surface area contributed by atoms with E-state index < -0.39 is 5.97 Å². The van der Waals surface area contributed by atoms with Crippen LogP contribution in [0.3, 0.4) is 0 Å². The molecule has 2 unspecified atom stereocenters. The highest BCUT2D eigenvalue weighted by Crippen LogP contribution is 2.42. The van der Waals surface area contributed by atoms with E-state index >= 15 is 0 Å². The van der Waals surface area contributed by atoms with Gasteiger partial charge in [-0.2, -0.15) is 0 Å². The summed E-state index contributed by atoms with van der Waals surface area (Å²) in [6.45, 7) is 2.16. The normalized spacial score (nSPS) is 23.8. The fourth-order valence-electron chi connectivity index (χ4n) is 2.46. The van der Waals surface area contributed by atoms with Crippen LogP contribution in [0, 0.1) is 5.92 Å². The lowest BCUT2D eigenvalue weighted by Crippen LogP contribution is -2.30. The fraction of sp³-hybridized carbons (Fsp3) is 0.500. The number of rotatable bonds is 4. The number of hydrogen-bond acceptors (Lipinski definition) is 1. The summed E-state index contributed by atoms with van der Waals surface area (Å²) in [5.41, 5.74) is 2.54. The molecule has 86 valence electrons. The van der Waals surface area contributed by atoms with Crippen molar-refractivity contribution in [2.75, 3.05) is 0 Å². The van der Waals surface area contributed by atoms with Crippen LogP contribution in [0.2, 0.25) is 0 Å². The van der Waals surface area contributed by atoms with E-state index in [0.29, 0.717) is 0 Å². The maximum absolute atomic E-state index is 11.0. The standard InChI is InChI=1S/C14H18O2/c1-2-4-10-5-3-6-11(9-10)12-7-8-13(12)14(15)16/h3,5-6,9,12-13H,2,4,7-8H2,1H3,(H,15,16). The van der Waals surface area contributed by atoms with Crippen LogP contribution >= 0.6 is 0 Å². The maximum atomic E-state index is 11.0. The molecule has 1 aliphatic rings. The smallest absolute Gasteiger partial charge is 0.307 e. The predicted octanol–water partition coefficient (Wildman–Crippen LogP) is 3.22. The minimum Gasteiger partial charge on any atom is -0.481 e. The van der Waals surface area contributed by atoms with Crippen molar-refractivity contribution in [2.45, 2.75) is 38.5 Å². The Morgan fingerprint density at radius 3 is 2.81 bits per heavy atom. The molecule has 0 amide bonds. The van der Waals surface area contributed by atoms with Crippen LogP contribution in [-0.4, -0.2) is 11.1 Å². The summed E-state index contributed by atoms with van der Waals surface area (Å²) in [7, 11) is 0. The third-order valence-corrected chi connectivity index (χ3v) is 3.51. The van der Waals surface area contributed by atoms with Crippen molar-refractivity contribution in [2.24, 2.45) is 5.92 Å². The van der Waals surface area contributed by atoms with E-state index in [0.717, 1.165) is 25.7 Å². The van der Waals surface area contributed by atoms with Crippen LogP contribution in [-0.2, 0) is 11.2 Å². The molecular weight excluding hydrogens is 200 g/mol. The number of aryl methyl sites for hydroxylation is 1. The Hall–Kier alpha value is -1.31. The van der Waals surface area contributed by atoms with Gasteiger partial charge in [-0.1, -0.05) is 37.6 Å². The second-order valence-electron chi connectivity index (χ2n) is 4.62. The van der Waals surface area contributed by atoms with Gasteiger partial charge in [-0.25, -0.2) is 0 Å². The first-order chi connectivity index (χ1) is 7.72. The molecule has 0 saturated heterocycles. The second kappa shape index (κ2) is 4.69. The largest absolute Gasteiger partial charge is 0.481 e. The fourth-order valence-corrected chi connectivity index (χ4v) is 2.46. The van der Waals surface area contributed by atoms with Crippen molar-refractivity contribution >= 4 is 5.97 Å². The molecule has 1 aromatic rings. The maximum Gasteiger partial charge on any atom is 0.307 e.